The summed E-state index contributed by atoms with van der Waals surface area (Å²) >= 11 is 18.0. The van der Waals surface area contributed by atoms with Crippen LogP contribution in [0.15, 0.2) is 42.5 Å². The maximum absolute atomic E-state index is 12.0. The van der Waals surface area contributed by atoms with Crippen LogP contribution >= 0.6 is 34.8 Å². The van der Waals surface area contributed by atoms with Gasteiger partial charge in [0.05, 0.1) is 5.02 Å². The Morgan fingerprint density at radius 3 is 2.64 bits per heavy atom. The van der Waals surface area contributed by atoms with E-state index < -0.39 is 0 Å². The lowest BCUT2D eigenvalue weighted by Gasteiger charge is -2.06. The molecule has 0 aliphatic carbocycles. The van der Waals surface area contributed by atoms with E-state index >= 15 is 0 Å². The summed E-state index contributed by atoms with van der Waals surface area (Å²) in [5.41, 5.74) is 1.42. The monoisotopic (exact) mass is 395 g/mol. The summed E-state index contributed by atoms with van der Waals surface area (Å²) in [6.07, 6.45) is 0. The standard InChI is InChI=1S/C16H12Cl3N5O/c17-11-6-5-10(14(19)7-11)8-20-15(25)9-24-22-16(21-23-24)12-3-1-2-4-13(12)18/h1-7H,8-9H2,(H,20,25). The molecule has 0 aliphatic heterocycles. The van der Waals surface area contributed by atoms with Gasteiger partial charge in [-0.1, -0.05) is 53.0 Å². The number of tetrazole rings is 1. The fourth-order valence-corrected chi connectivity index (χ4v) is 2.80. The van der Waals surface area contributed by atoms with E-state index in [0.29, 0.717) is 26.5 Å². The average Bonchev–Trinajstić information content (AvgIpc) is 3.02. The highest BCUT2D eigenvalue weighted by molar-refractivity contribution is 6.35. The lowest BCUT2D eigenvalue weighted by Crippen LogP contribution is -2.28. The van der Waals surface area contributed by atoms with Crippen molar-refractivity contribution >= 4 is 40.7 Å². The molecule has 0 fully saturated rings. The Labute approximate surface area is 158 Å². The summed E-state index contributed by atoms with van der Waals surface area (Å²) in [6, 6.07) is 12.2. The molecule has 2 aromatic carbocycles. The second kappa shape index (κ2) is 7.82. The van der Waals surface area contributed by atoms with Crippen molar-refractivity contribution in [3.8, 4) is 11.4 Å². The Kier molecular flexibility index (Phi) is 5.53. The molecule has 0 aliphatic rings. The van der Waals surface area contributed by atoms with Gasteiger partial charge in [-0.3, -0.25) is 4.79 Å². The van der Waals surface area contributed by atoms with E-state index in [1.807, 2.05) is 12.1 Å². The number of carbonyl (C=O) groups excluding carboxylic acids is 1. The zero-order valence-electron chi connectivity index (χ0n) is 12.8. The number of nitrogens with one attached hydrogen (secondary N) is 1. The van der Waals surface area contributed by atoms with E-state index in [2.05, 4.69) is 20.7 Å². The van der Waals surface area contributed by atoms with Crippen molar-refractivity contribution in [1.82, 2.24) is 25.5 Å². The summed E-state index contributed by atoms with van der Waals surface area (Å²) in [4.78, 5) is 13.2. The van der Waals surface area contributed by atoms with Crippen LogP contribution in [-0.4, -0.2) is 26.1 Å². The number of rotatable bonds is 5. The van der Waals surface area contributed by atoms with Crippen LogP contribution in [0.1, 0.15) is 5.56 Å². The lowest BCUT2D eigenvalue weighted by atomic mass is 10.2. The van der Waals surface area contributed by atoms with Gasteiger partial charge >= 0.3 is 0 Å². The van der Waals surface area contributed by atoms with Crippen LogP contribution in [0.25, 0.3) is 11.4 Å². The van der Waals surface area contributed by atoms with E-state index in [1.165, 1.54) is 4.80 Å². The van der Waals surface area contributed by atoms with Crippen LogP contribution in [0.4, 0.5) is 0 Å². The van der Waals surface area contributed by atoms with Crippen molar-refractivity contribution in [2.75, 3.05) is 0 Å². The highest BCUT2D eigenvalue weighted by Crippen LogP contribution is 2.23. The van der Waals surface area contributed by atoms with E-state index in [9.17, 15) is 4.79 Å². The number of halogens is 3. The van der Waals surface area contributed by atoms with Crippen LogP contribution < -0.4 is 5.32 Å². The average molecular weight is 397 g/mol. The van der Waals surface area contributed by atoms with E-state index in [-0.39, 0.29) is 19.0 Å². The molecule has 0 atom stereocenters. The Morgan fingerprint density at radius 1 is 1.08 bits per heavy atom. The molecule has 3 aromatic rings. The molecular weight excluding hydrogens is 385 g/mol. The first-order chi connectivity index (χ1) is 12.0. The third-order valence-corrected chi connectivity index (χ3v) is 4.26. The van der Waals surface area contributed by atoms with Gasteiger partial charge < -0.3 is 5.32 Å². The summed E-state index contributed by atoms with van der Waals surface area (Å²) in [7, 11) is 0. The molecule has 0 bridgehead atoms. The zero-order valence-corrected chi connectivity index (χ0v) is 15.1. The van der Waals surface area contributed by atoms with Crippen molar-refractivity contribution in [3.05, 3.63) is 63.1 Å². The molecule has 128 valence electrons. The number of aromatic nitrogens is 4. The van der Waals surface area contributed by atoms with Gasteiger partial charge in [0.2, 0.25) is 11.7 Å². The molecule has 3 rings (SSSR count). The van der Waals surface area contributed by atoms with Crippen LogP contribution in [0.5, 0.6) is 0 Å². The van der Waals surface area contributed by atoms with Gasteiger partial charge in [0, 0.05) is 22.2 Å². The van der Waals surface area contributed by atoms with Crippen molar-refractivity contribution in [1.29, 1.82) is 0 Å². The number of amides is 1. The molecule has 9 heteroatoms. The largest absolute Gasteiger partial charge is 0.350 e. The predicted molar refractivity (Wildman–Crippen MR) is 96.6 cm³/mol. The van der Waals surface area contributed by atoms with Gasteiger partial charge in [-0.05, 0) is 35.0 Å². The fraction of sp³-hybridized carbons (Fsp3) is 0.125. The van der Waals surface area contributed by atoms with Crippen LogP contribution in [-0.2, 0) is 17.9 Å². The number of nitrogens with zero attached hydrogens (tertiary/aromatic N) is 4. The summed E-state index contributed by atoms with van der Waals surface area (Å²) < 4.78 is 0. The predicted octanol–water partition coefficient (Wildman–Crippen LogP) is 3.62. The number of hydrogen-bond donors (Lipinski definition) is 1. The molecule has 0 unspecified atom stereocenters. The summed E-state index contributed by atoms with van der Waals surface area (Å²) in [5.74, 6) is 0.0910. The molecular formula is C16H12Cl3N5O. The lowest BCUT2D eigenvalue weighted by molar-refractivity contribution is -0.122. The number of hydrogen-bond acceptors (Lipinski definition) is 4. The Balaban J connectivity index is 1.61. The molecule has 6 nitrogen and oxygen atoms in total. The number of benzene rings is 2. The third kappa shape index (κ3) is 4.48. The highest BCUT2D eigenvalue weighted by Gasteiger charge is 2.12. The van der Waals surface area contributed by atoms with E-state index in [0.717, 1.165) is 5.56 Å². The topological polar surface area (TPSA) is 72.7 Å². The fourth-order valence-electron chi connectivity index (χ4n) is 2.10. The van der Waals surface area contributed by atoms with Crippen molar-refractivity contribution in [3.63, 3.8) is 0 Å². The van der Waals surface area contributed by atoms with E-state index in [4.69, 9.17) is 34.8 Å². The highest BCUT2D eigenvalue weighted by atomic mass is 35.5. The van der Waals surface area contributed by atoms with Crippen LogP contribution in [0.3, 0.4) is 0 Å². The van der Waals surface area contributed by atoms with Gasteiger partial charge in [-0.25, -0.2) is 0 Å². The van der Waals surface area contributed by atoms with Crippen LogP contribution in [0.2, 0.25) is 15.1 Å². The summed E-state index contributed by atoms with van der Waals surface area (Å²) in [5, 5.41) is 16.3. The molecule has 1 amide bonds. The summed E-state index contributed by atoms with van der Waals surface area (Å²) in [6.45, 7) is 0.212. The molecule has 0 radical (unpaired) electrons. The SMILES string of the molecule is O=C(Cn1nnc(-c2ccccc2Cl)n1)NCc1ccc(Cl)cc1Cl. The molecule has 0 spiro atoms. The van der Waals surface area contributed by atoms with Crippen LogP contribution in [0, 0.1) is 0 Å². The van der Waals surface area contributed by atoms with Crippen molar-refractivity contribution in [2.24, 2.45) is 0 Å². The smallest absolute Gasteiger partial charge is 0.243 e. The Bertz CT molecular complexity index is 912. The maximum Gasteiger partial charge on any atom is 0.243 e. The third-order valence-electron chi connectivity index (χ3n) is 3.34. The zero-order chi connectivity index (χ0) is 17.8. The Morgan fingerprint density at radius 2 is 1.88 bits per heavy atom. The molecule has 1 N–H and O–H groups in total. The van der Waals surface area contributed by atoms with Gasteiger partial charge in [0.25, 0.3) is 0 Å². The quantitative estimate of drug-likeness (QED) is 0.715. The first-order valence-corrected chi connectivity index (χ1v) is 8.39. The normalized spacial score (nSPS) is 10.7. The second-order valence-corrected chi connectivity index (χ2v) is 6.39. The number of carbonyl (C=O) groups is 1. The Hall–Kier alpha value is -2.15. The van der Waals surface area contributed by atoms with Crippen molar-refractivity contribution in [2.45, 2.75) is 13.1 Å². The minimum absolute atomic E-state index is 0.0668. The molecule has 0 saturated heterocycles. The van der Waals surface area contributed by atoms with E-state index in [1.54, 1.807) is 30.3 Å². The second-order valence-electron chi connectivity index (χ2n) is 5.14. The molecule has 1 aromatic heterocycles. The minimum Gasteiger partial charge on any atom is -0.350 e. The maximum atomic E-state index is 12.0. The van der Waals surface area contributed by atoms with Crippen molar-refractivity contribution < 1.29 is 4.79 Å². The van der Waals surface area contributed by atoms with Gasteiger partial charge in [-0.15, -0.1) is 10.2 Å². The minimum atomic E-state index is -0.269. The van der Waals surface area contributed by atoms with Gasteiger partial charge in [0.15, 0.2) is 0 Å². The molecule has 0 saturated carbocycles. The van der Waals surface area contributed by atoms with Gasteiger partial charge in [-0.2, -0.15) is 4.80 Å². The first kappa shape index (κ1) is 17.7. The molecule has 25 heavy (non-hydrogen) atoms. The first-order valence-electron chi connectivity index (χ1n) is 7.26. The molecule has 1 heterocycles. The van der Waals surface area contributed by atoms with Gasteiger partial charge in [0.1, 0.15) is 6.54 Å².